The van der Waals surface area contributed by atoms with Gasteiger partial charge in [0.1, 0.15) is 0 Å². The molecule has 102 valence electrons. The molecule has 2 rings (SSSR count). The van der Waals surface area contributed by atoms with Crippen LogP contribution in [0.25, 0.3) is 0 Å². The smallest absolute Gasteiger partial charge is 0.159 e. The van der Waals surface area contributed by atoms with Gasteiger partial charge >= 0.3 is 0 Å². The maximum atomic E-state index is 13.0. The molecular formula is C14H17F2N3. The molecular weight excluding hydrogens is 248 g/mol. The molecule has 0 unspecified atom stereocenters. The molecule has 3 nitrogen and oxygen atoms in total. The number of rotatable bonds is 5. The fourth-order valence-electron chi connectivity index (χ4n) is 1.74. The average Bonchev–Trinajstić information content (AvgIpc) is 2.83. The SMILES string of the molecule is CC(C)n1ccc(CNCc2ccc(F)c(F)c2)n1. The second-order valence-corrected chi connectivity index (χ2v) is 4.73. The van der Waals surface area contributed by atoms with Crippen LogP contribution in [0, 0.1) is 11.6 Å². The summed E-state index contributed by atoms with van der Waals surface area (Å²) in [7, 11) is 0. The lowest BCUT2D eigenvalue weighted by Crippen LogP contribution is -2.14. The highest BCUT2D eigenvalue weighted by molar-refractivity contribution is 5.17. The lowest BCUT2D eigenvalue weighted by Gasteiger charge is -2.05. The van der Waals surface area contributed by atoms with E-state index in [1.54, 1.807) is 6.07 Å². The molecule has 0 radical (unpaired) electrons. The lowest BCUT2D eigenvalue weighted by atomic mass is 10.2. The van der Waals surface area contributed by atoms with Crippen LogP contribution in [0.5, 0.6) is 0 Å². The minimum atomic E-state index is -0.820. The molecule has 0 amide bonds. The molecule has 0 saturated carbocycles. The van der Waals surface area contributed by atoms with Gasteiger partial charge in [-0.15, -0.1) is 0 Å². The van der Waals surface area contributed by atoms with Crippen molar-refractivity contribution >= 4 is 0 Å². The molecule has 0 aliphatic carbocycles. The molecule has 0 fully saturated rings. The topological polar surface area (TPSA) is 29.9 Å². The predicted octanol–water partition coefficient (Wildman–Crippen LogP) is 3.03. The Bertz CT molecular complexity index is 549. The van der Waals surface area contributed by atoms with E-state index in [0.717, 1.165) is 11.8 Å². The van der Waals surface area contributed by atoms with Crippen molar-refractivity contribution in [1.82, 2.24) is 15.1 Å². The van der Waals surface area contributed by atoms with E-state index in [1.165, 1.54) is 6.07 Å². The third-order valence-corrected chi connectivity index (χ3v) is 2.81. The molecule has 19 heavy (non-hydrogen) atoms. The van der Waals surface area contributed by atoms with Gasteiger partial charge in [0.15, 0.2) is 11.6 Å². The van der Waals surface area contributed by atoms with Gasteiger partial charge in [0.25, 0.3) is 0 Å². The van der Waals surface area contributed by atoms with Gasteiger partial charge in [-0.3, -0.25) is 4.68 Å². The minimum absolute atomic E-state index is 0.333. The Morgan fingerprint density at radius 3 is 2.58 bits per heavy atom. The number of nitrogens with zero attached hydrogens (tertiary/aromatic N) is 2. The van der Waals surface area contributed by atoms with Crippen LogP contribution in [0.4, 0.5) is 8.78 Å². The van der Waals surface area contributed by atoms with Gasteiger partial charge in [0.05, 0.1) is 5.69 Å². The van der Waals surface area contributed by atoms with Crippen LogP contribution in [0.2, 0.25) is 0 Å². The molecule has 0 saturated heterocycles. The van der Waals surface area contributed by atoms with E-state index >= 15 is 0 Å². The molecule has 0 spiro atoms. The van der Waals surface area contributed by atoms with Gasteiger partial charge in [-0.2, -0.15) is 5.10 Å². The quantitative estimate of drug-likeness (QED) is 0.900. The van der Waals surface area contributed by atoms with Crippen LogP contribution in [0.15, 0.2) is 30.5 Å². The first kappa shape index (κ1) is 13.7. The van der Waals surface area contributed by atoms with Crippen LogP contribution in [-0.4, -0.2) is 9.78 Å². The molecule has 0 bridgehead atoms. The third kappa shape index (κ3) is 3.61. The second-order valence-electron chi connectivity index (χ2n) is 4.73. The van der Waals surface area contributed by atoms with E-state index in [2.05, 4.69) is 24.3 Å². The summed E-state index contributed by atoms with van der Waals surface area (Å²) in [5, 5.41) is 7.54. The van der Waals surface area contributed by atoms with Crippen molar-refractivity contribution < 1.29 is 8.78 Å². The van der Waals surface area contributed by atoms with E-state index in [4.69, 9.17) is 0 Å². The van der Waals surface area contributed by atoms with Crippen molar-refractivity contribution in [3.8, 4) is 0 Å². The van der Waals surface area contributed by atoms with E-state index in [-0.39, 0.29) is 0 Å². The van der Waals surface area contributed by atoms with Gasteiger partial charge < -0.3 is 5.32 Å². The number of benzene rings is 1. The molecule has 2 aromatic rings. The lowest BCUT2D eigenvalue weighted by molar-refractivity contribution is 0.505. The van der Waals surface area contributed by atoms with Crippen molar-refractivity contribution in [2.75, 3.05) is 0 Å². The largest absolute Gasteiger partial charge is 0.307 e. The zero-order valence-corrected chi connectivity index (χ0v) is 11.0. The molecule has 0 aliphatic rings. The maximum Gasteiger partial charge on any atom is 0.159 e. The first-order chi connectivity index (χ1) is 9.06. The molecule has 1 heterocycles. The molecule has 1 N–H and O–H groups in total. The summed E-state index contributed by atoms with van der Waals surface area (Å²) >= 11 is 0. The second kappa shape index (κ2) is 5.93. The maximum absolute atomic E-state index is 13.0. The summed E-state index contributed by atoms with van der Waals surface area (Å²) in [6.45, 7) is 5.20. The Kier molecular flexibility index (Phi) is 4.27. The number of hydrogen-bond donors (Lipinski definition) is 1. The van der Waals surface area contributed by atoms with Crippen LogP contribution >= 0.6 is 0 Å². The number of aromatic nitrogens is 2. The molecule has 0 atom stereocenters. The van der Waals surface area contributed by atoms with E-state index in [9.17, 15) is 8.78 Å². The summed E-state index contributed by atoms with van der Waals surface area (Å²) < 4.78 is 27.6. The zero-order chi connectivity index (χ0) is 13.8. The van der Waals surface area contributed by atoms with Crippen LogP contribution in [0.3, 0.4) is 0 Å². The summed E-state index contributed by atoms with van der Waals surface area (Å²) in [6.07, 6.45) is 1.93. The average molecular weight is 265 g/mol. The van der Waals surface area contributed by atoms with Crippen molar-refractivity contribution in [1.29, 1.82) is 0 Å². The number of hydrogen-bond acceptors (Lipinski definition) is 2. The first-order valence-electron chi connectivity index (χ1n) is 6.25. The molecule has 1 aromatic heterocycles. The zero-order valence-electron chi connectivity index (χ0n) is 11.0. The summed E-state index contributed by atoms with van der Waals surface area (Å²) in [5.41, 5.74) is 1.64. The monoisotopic (exact) mass is 265 g/mol. The Labute approximate surface area is 111 Å². The summed E-state index contributed by atoms with van der Waals surface area (Å²) in [4.78, 5) is 0. The predicted molar refractivity (Wildman–Crippen MR) is 69.5 cm³/mol. The fourth-order valence-corrected chi connectivity index (χ4v) is 1.74. The summed E-state index contributed by atoms with van der Waals surface area (Å²) in [5.74, 6) is -1.64. The van der Waals surface area contributed by atoms with Crippen molar-refractivity contribution in [2.45, 2.75) is 33.0 Å². The normalized spacial score (nSPS) is 11.2. The summed E-state index contributed by atoms with van der Waals surface area (Å²) in [6, 6.07) is 6.19. The Morgan fingerprint density at radius 1 is 1.16 bits per heavy atom. The van der Waals surface area contributed by atoms with E-state index in [1.807, 2.05) is 16.9 Å². The highest BCUT2D eigenvalue weighted by atomic mass is 19.2. The van der Waals surface area contributed by atoms with Crippen molar-refractivity contribution in [3.63, 3.8) is 0 Å². The fraction of sp³-hybridized carbons (Fsp3) is 0.357. The molecule has 5 heteroatoms. The van der Waals surface area contributed by atoms with E-state index in [0.29, 0.717) is 24.7 Å². The molecule has 1 aromatic carbocycles. The number of nitrogens with one attached hydrogen (secondary N) is 1. The van der Waals surface area contributed by atoms with Crippen LogP contribution < -0.4 is 5.32 Å². The molecule has 0 aliphatic heterocycles. The van der Waals surface area contributed by atoms with Gasteiger partial charge in [-0.25, -0.2) is 8.78 Å². The van der Waals surface area contributed by atoms with E-state index < -0.39 is 11.6 Å². The van der Waals surface area contributed by atoms with Gasteiger partial charge in [0.2, 0.25) is 0 Å². The Hall–Kier alpha value is -1.75. The van der Waals surface area contributed by atoms with Gasteiger partial charge in [0, 0.05) is 25.3 Å². The Balaban J connectivity index is 1.87. The van der Waals surface area contributed by atoms with Gasteiger partial charge in [-0.05, 0) is 37.6 Å². The minimum Gasteiger partial charge on any atom is -0.307 e. The van der Waals surface area contributed by atoms with Crippen molar-refractivity contribution in [2.24, 2.45) is 0 Å². The van der Waals surface area contributed by atoms with Crippen molar-refractivity contribution in [3.05, 3.63) is 53.4 Å². The standard InChI is InChI=1S/C14H17F2N3/c1-10(2)19-6-5-12(18-19)9-17-8-11-3-4-13(15)14(16)7-11/h3-7,10,17H,8-9H2,1-2H3. The third-order valence-electron chi connectivity index (χ3n) is 2.81. The highest BCUT2D eigenvalue weighted by Crippen LogP contribution is 2.09. The number of halogens is 2. The first-order valence-corrected chi connectivity index (χ1v) is 6.25. The van der Waals surface area contributed by atoms with Crippen LogP contribution in [0.1, 0.15) is 31.1 Å². The van der Waals surface area contributed by atoms with Gasteiger partial charge in [-0.1, -0.05) is 6.07 Å². The van der Waals surface area contributed by atoms with Crippen LogP contribution in [-0.2, 0) is 13.1 Å². The Morgan fingerprint density at radius 2 is 1.95 bits per heavy atom. The highest BCUT2D eigenvalue weighted by Gasteiger charge is 2.04.